The van der Waals surface area contributed by atoms with Crippen molar-refractivity contribution in [3.05, 3.63) is 0 Å². The van der Waals surface area contributed by atoms with Crippen LogP contribution in [0.3, 0.4) is 0 Å². The van der Waals surface area contributed by atoms with Gasteiger partial charge < -0.3 is 5.11 Å². The zero-order chi connectivity index (χ0) is 17.8. The highest BCUT2D eigenvalue weighted by Crippen LogP contribution is 2.24. The van der Waals surface area contributed by atoms with Gasteiger partial charge in [-0.15, -0.1) is 0 Å². The Morgan fingerprint density at radius 2 is 1.43 bits per heavy atom. The van der Waals surface area contributed by atoms with Gasteiger partial charge in [0, 0.05) is 0 Å². The van der Waals surface area contributed by atoms with Gasteiger partial charge in [-0.2, -0.15) is 8.42 Å². The molecular weight excluding hydrogens is 316 g/mol. The summed E-state index contributed by atoms with van der Waals surface area (Å²) < 4.78 is 35.6. The predicted molar refractivity (Wildman–Crippen MR) is 93.8 cm³/mol. The molecule has 0 aliphatic rings. The van der Waals surface area contributed by atoms with E-state index in [0.717, 1.165) is 51.4 Å². The number of hydrogen-bond acceptors (Lipinski definition) is 4. The molecule has 0 heterocycles. The first kappa shape index (κ1) is 22.8. The van der Waals surface area contributed by atoms with Crippen molar-refractivity contribution < 1.29 is 22.3 Å². The van der Waals surface area contributed by atoms with Gasteiger partial charge in [-0.3, -0.25) is 4.55 Å². The summed E-state index contributed by atoms with van der Waals surface area (Å²) in [7, 11) is -4.39. The quantitative estimate of drug-likeness (QED) is 0.331. The van der Waals surface area contributed by atoms with E-state index in [9.17, 15) is 13.5 Å². The molecule has 0 amide bonds. The van der Waals surface area contributed by atoms with Crippen molar-refractivity contribution in [3.8, 4) is 0 Å². The molecule has 0 aliphatic heterocycles. The monoisotopic (exact) mass is 352 g/mol. The third-order valence-electron chi connectivity index (χ3n) is 4.62. The molecule has 0 saturated heterocycles. The molecule has 5 nitrogen and oxygen atoms in total. The Balaban J connectivity index is 4.16. The summed E-state index contributed by atoms with van der Waals surface area (Å²) in [5.74, 6) is 0. The van der Waals surface area contributed by atoms with E-state index in [0.29, 0.717) is 12.8 Å². The topological polar surface area (TPSA) is 83.8 Å². The van der Waals surface area contributed by atoms with E-state index in [1.807, 2.05) is 13.8 Å². The molecule has 140 valence electrons. The van der Waals surface area contributed by atoms with Crippen LogP contribution in [0.15, 0.2) is 0 Å². The van der Waals surface area contributed by atoms with Crippen LogP contribution < -0.4 is 0 Å². The Labute approximate surface area is 142 Å². The highest BCUT2D eigenvalue weighted by molar-refractivity contribution is 7.80. The van der Waals surface area contributed by atoms with Crippen LogP contribution in [0.2, 0.25) is 0 Å². The van der Waals surface area contributed by atoms with Crippen LogP contribution in [-0.2, 0) is 14.6 Å². The first-order valence-electron chi connectivity index (χ1n) is 9.14. The molecule has 0 bridgehead atoms. The minimum absolute atomic E-state index is 0.456. The normalized spacial score (nSPS) is 14.1. The summed E-state index contributed by atoms with van der Waals surface area (Å²) in [6, 6.07) is 0. The van der Waals surface area contributed by atoms with Crippen molar-refractivity contribution in [3.63, 3.8) is 0 Å². The summed E-state index contributed by atoms with van der Waals surface area (Å²) in [5, 5.41) is 10.2. The molecule has 0 saturated carbocycles. The third kappa shape index (κ3) is 12.9. The minimum Gasteiger partial charge on any atom is -0.390 e. The fraction of sp³-hybridized carbons (Fsp3) is 1.00. The lowest BCUT2D eigenvalue weighted by Gasteiger charge is -2.25. The van der Waals surface area contributed by atoms with Crippen LogP contribution in [0.1, 0.15) is 97.8 Å². The number of hydrogen-bond donors (Lipinski definition) is 2. The van der Waals surface area contributed by atoms with Crippen LogP contribution in [0, 0.1) is 0 Å². The number of rotatable bonds is 15. The Kier molecular flexibility index (Phi) is 12.1. The standard InChI is InChI=1S/C17H36O5S/c1-4-7-8-9-10-13-16(22-23(19,20)21)14-11-12-15-17(18,5-2)6-3/h16,18H,4-15H2,1-3H3,(H,19,20,21). The van der Waals surface area contributed by atoms with E-state index < -0.39 is 22.1 Å². The lowest BCUT2D eigenvalue weighted by Crippen LogP contribution is -2.26. The van der Waals surface area contributed by atoms with E-state index in [4.69, 9.17) is 8.74 Å². The third-order valence-corrected chi connectivity index (χ3v) is 5.14. The molecule has 23 heavy (non-hydrogen) atoms. The van der Waals surface area contributed by atoms with Crippen molar-refractivity contribution >= 4 is 10.4 Å². The van der Waals surface area contributed by atoms with Crippen LogP contribution >= 0.6 is 0 Å². The molecule has 0 rings (SSSR count). The maximum Gasteiger partial charge on any atom is 0.397 e. The molecule has 0 fully saturated rings. The van der Waals surface area contributed by atoms with Gasteiger partial charge >= 0.3 is 10.4 Å². The predicted octanol–water partition coefficient (Wildman–Crippen LogP) is 4.65. The van der Waals surface area contributed by atoms with Gasteiger partial charge in [0.15, 0.2) is 0 Å². The maximum absolute atomic E-state index is 11.0. The second-order valence-corrected chi connectivity index (χ2v) is 7.57. The maximum atomic E-state index is 11.0. The van der Waals surface area contributed by atoms with Crippen LogP contribution in [-0.4, -0.2) is 29.8 Å². The fourth-order valence-corrected chi connectivity index (χ4v) is 3.35. The van der Waals surface area contributed by atoms with Gasteiger partial charge in [-0.1, -0.05) is 65.7 Å². The van der Waals surface area contributed by atoms with Crippen LogP contribution in [0.25, 0.3) is 0 Å². The molecule has 2 N–H and O–H groups in total. The first-order chi connectivity index (χ1) is 10.8. The summed E-state index contributed by atoms with van der Waals surface area (Å²) in [6.45, 7) is 6.10. The molecule has 0 aromatic heterocycles. The Bertz CT molecular complexity index is 376. The molecule has 0 radical (unpaired) electrons. The summed E-state index contributed by atoms with van der Waals surface area (Å²) >= 11 is 0. The molecule has 0 aromatic rings. The Morgan fingerprint density at radius 3 is 1.91 bits per heavy atom. The molecule has 0 aliphatic carbocycles. The van der Waals surface area contributed by atoms with Gasteiger partial charge in [-0.25, -0.2) is 4.18 Å². The van der Waals surface area contributed by atoms with Gasteiger partial charge in [0.05, 0.1) is 11.7 Å². The zero-order valence-corrected chi connectivity index (χ0v) is 15.9. The Hall–Kier alpha value is -0.170. The van der Waals surface area contributed by atoms with Gasteiger partial charge in [-0.05, 0) is 32.1 Å². The van der Waals surface area contributed by atoms with Gasteiger partial charge in [0.25, 0.3) is 0 Å². The highest BCUT2D eigenvalue weighted by Gasteiger charge is 2.22. The zero-order valence-electron chi connectivity index (χ0n) is 15.1. The van der Waals surface area contributed by atoms with Crippen LogP contribution in [0.5, 0.6) is 0 Å². The number of aliphatic hydroxyl groups is 1. The minimum atomic E-state index is -4.39. The lowest BCUT2D eigenvalue weighted by atomic mass is 9.90. The number of unbranched alkanes of at least 4 members (excludes halogenated alkanes) is 5. The van der Waals surface area contributed by atoms with E-state index in [-0.39, 0.29) is 0 Å². The van der Waals surface area contributed by atoms with Crippen molar-refractivity contribution in [2.75, 3.05) is 0 Å². The van der Waals surface area contributed by atoms with Gasteiger partial charge in [0.2, 0.25) is 0 Å². The van der Waals surface area contributed by atoms with E-state index in [2.05, 4.69) is 6.92 Å². The van der Waals surface area contributed by atoms with Crippen molar-refractivity contribution in [1.82, 2.24) is 0 Å². The average molecular weight is 353 g/mol. The highest BCUT2D eigenvalue weighted by atomic mass is 32.3. The fourth-order valence-electron chi connectivity index (χ4n) is 2.82. The largest absolute Gasteiger partial charge is 0.397 e. The summed E-state index contributed by atoms with van der Waals surface area (Å²) in [6.07, 6.45) is 10.1. The van der Waals surface area contributed by atoms with Gasteiger partial charge in [0.1, 0.15) is 0 Å². The smallest absolute Gasteiger partial charge is 0.390 e. The molecule has 6 heteroatoms. The second-order valence-electron chi connectivity index (χ2n) is 6.53. The molecular formula is C17H36O5S. The Morgan fingerprint density at radius 1 is 0.913 bits per heavy atom. The molecule has 0 spiro atoms. The first-order valence-corrected chi connectivity index (χ1v) is 10.5. The second kappa shape index (κ2) is 12.2. The van der Waals surface area contributed by atoms with Crippen LogP contribution in [0.4, 0.5) is 0 Å². The SMILES string of the molecule is CCCCCCCC(CCCCC(O)(CC)CC)OS(=O)(=O)O. The molecule has 0 aromatic carbocycles. The average Bonchev–Trinajstić information content (AvgIpc) is 2.49. The van der Waals surface area contributed by atoms with E-state index >= 15 is 0 Å². The van der Waals surface area contributed by atoms with E-state index in [1.54, 1.807) is 0 Å². The van der Waals surface area contributed by atoms with Crippen molar-refractivity contribution in [2.45, 2.75) is 110 Å². The lowest BCUT2D eigenvalue weighted by molar-refractivity contribution is 0.0202. The van der Waals surface area contributed by atoms with Crippen molar-refractivity contribution in [1.29, 1.82) is 0 Å². The van der Waals surface area contributed by atoms with Crippen molar-refractivity contribution in [2.24, 2.45) is 0 Å². The summed E-state index contributed by atoms with van der Waals surface area (Å²) in [4.78, 5) is 0. The molecule has 1 atom stereocenters. The molecule has 1 unspecified atom stereocenters. The van der Waals surface area contributed by atoms with E-state index in [1.165, 1.54) is 12.8 Å². The summed E-state index contributed by atoms with van der Waals surface area (Å²) in [5.41, 5.74) is -0.612.